The van der Waals surface area contributed by atoms with Crippen molar-refractivity contribution in [2.24, 2.45) is 11.7 Å². The molecule has 0 spiro atoms. The number of anilines is 1. The van der Waals surface area contributed by atoms with Crippen molar-refractivity contribution in [1.82, 2.24) is 5.32 Å². The number of hydrogen-bond acceptors (Lipinski definition) is 4. The number of ether oxygens (including phenoxy) is 1. The van der Waals surface area contributed by atoms with Gasteiger partial charge in [-0.1, -0.05) is 15.9 Å². The van der Waals surface area contributed by atoms with Gasteiger partial charge in [-0.2, -0.15) is 0 Å². The molecule has 0 aromatic heterocycles. The van der Waals surface area contributed by atoms with Crippen molar-refractivity contribution in [3.63, 3.8) is 0 Å². The molecule has 7 heteroatoms. The molecule has 1 saturated carbocycles. The normalized spacial score (nSPS) is 18.2. The second-order valence-electron chi connectivity index (χ2n) is 6.00. The number of nitrogens with one attached hydrogen (secondary N) is 1. The lowest BCUT2D eigenvalue weighted by Crippen LogP contribution is -2.42. The maximum atomic E-state index is 12.1. The van der Waals surface area contributed by atoms with Crippen LogP contribution in [-0.4, -0.2) is 37.6 Å². The first-order valence-corrected chi connectivity index (χ1v) is 8.59. The Kier molecular flexibility index (Phi) is 4.87. The summed E-state index contributed by atoms with van der Waals surface area (Å²) in [7, 11) is 0. The predicted octanol–water partition coefficient (Wildman–Crippen LogP) is 1.42. The standard InChI is InChI=1S/C16H20BrN3O3/c17-11-3-4-13-14(7-11)23-9-16(22)20(13)6-5-15(21)19-8-12(18)10-1-2-10/h3-4,7,10,12H,1-2,5-6,8-9,18H2,(H,19,21). The van der Waals surface area contributed by atoms with Gasteiger partial charge < -0.3 is 20.7 Å². The number of carbonyl (C=O) groups excluding carboxylic acids is 2. The van der Waals surface area contributed by atoms with Crippen molar-refractivity contribution < 1.29 is 14.3 Å². The van der Waals surface area contributed by atoms with E-state index in [0.717, 1.165) is 17.3 Å². The lowest BCUT2D eigenvalue weighted by molar-refractivity contribution is -0.122. The third kappa shape index (κ3) is 4.03. The van der Waals surface area contributed by atoms with Crippen molar-refractivity contribution in [1.29, 1.82) is 0 Å². The van der Waals surface area contributed by atoms with Crippen LogP contribution in [0.2, 0.25) is 0 Å². The number of benzene rings is 1. The monoisotopic (exact) mass is 381 g/mol. The summed E-state index contributed by atoms with van der Waals surface area (Å²) in [6.45, 7) is 0.836. The third-order valence-corrected chi connectivity index (χ3v) is 4.68. The van der Waals surface area contributed by atoms with Crippen LogP contribution >= 0.6 is 15.9 Å². The molecule has 0 radical (unpaired) electrons. The molecule has 1 aromatic rings. The van der Waals surface area contributed by atoms with Crippen molar-refractivity contribution in [2.45, 2.75) is 25.3 Å². The highest BCUT2D eigenvalue weighted by Crippen LogP contribution is 2.34. The Morgan fingerprint density at radius 2 is 2.26 bits per heavy atom. The SMILES string of the molecule is NC(CNC(=O)CCN1C(=O)COc2cc(Br)ccc21)C1CC1. The summed E-state index contributed by atoms with van der Waals surface area (Å²) < 4.78 is 6.31. The van der Waals surface area contributed by atoms with Gasteiger partial charge in [0, 0.05) is 30.0 Å². The molecule has 23 heavy (non-hydrogen) atoms. The van der Waals surface area contributed by atoms with Crippen molar-refractivity contribution >= 4 is 33.4 Å². The second kappa shape index (κ2) is 6.88. The van der Waals surface area contributed by atoms with Crippen LogP contribution in [0.1, 0.15) is 19.3 Å². The summed E-state index contributed by atoms with van der Waals surface area (Å²) in [6, 6.07) is 5.53. The lowest BCUT2D eigenvalue weighted by Gasteiger charge is -2.29. The minimum Gasteiger partial charge on any atom is -0.482 e. The summed E-state index contributed by atoms with van der Waals surface area (Å²) in [6.07, 6.45) is 2.57. The molecule has 1 unspecified atom stereocenters. The van der Waals surface area contributed by atoms with E-state index >= 15 is 0 Å². The Morgan fingerprint density at radius 3 is 3.00 bits per heavy atom. The van der Waals surface area contributed by atoms with Crippen molar-refractivity contribution in [3.8, 4) is 5.75 Å². The minimum absolute atomic E-state index is 0.00235. The zero-order valence-electron chi connectivity index (χ0n) is 12.8. The minimum atomic E-state index is -0.137. The van der Waals surface area contributed by atoms with Crippen LogP contribution in [0.3, 0.4) is 0 Å². The van der Waals surface area contributed by atoms with E-state index in [2.05, 4.69) is 21.2 Å². The molecule has 1 atom stereocenters. The van der Waals surface area contributed by atoms with Crippen LogP contribution < -0.4 is 20.7 Å². The van der Waals surface area contributed by atoms with Crippen LogP contribution in [0.15, 0.2) is 22.7 Å². The molecule has 2 amide bonds. The zero-order chi connectivity index (χ0) is 16.4. The fourth-order valence-electron chi connectivity index (χ4n) is 2.65. The topological polar surface area (TPSA) is 84.7 Å². The van der Waals surface area contributed by atoms with Crippen LogP contribution in [0.25, 0.3) is 0 Å². The van der Waals surface area contributed by atoms with Gasteiger partial charge in [0.2, 0.25) is 5.91 Å². The van der Waals surface area contributed by atoms with Crippen molar-refractivity contribution in [2.75, 3.05) is 24.6 Å². The van der Waals surface area contributed by atoms with Gasteiger partial charge in [0.25, 0.3) is 5.91 Å². The van der Waals surface area contributed by atoms with E-state index < -0.39 is 0 Å². The number of amides is 2. The van der Waals surface area contributed by atoms with E-state index in [1.165, 1.54) is 0 Å². The quantitative estimate of drug-likeness (QED) is 0.780. The average molecular weight is 382 g/mol. The molecular formula is C16H20BrN3O3. The Hall–Kier alpha value is -1.60. The Morgan fingerprint density at radius 1 is 1.48 bits per heavy atom. The molecule has 124 valence electrons. The van der Waals surface area contributed by atoms with Gasteiger partial charge in [-0.3, -0.25) is 9.59 Å². The third-order valence-electron chi connectivity index (χ3n) is 4.19. The number of rotatable bonds is 6. The molecule has 6 nitrogen and oxygen atoms in total. The molecule has 3 rings (SSSR count). The second-order valence-corrected chi connectivity index (χ2v) is 6.92. The summed E-state index contributed by atoms with van der Waals surface area (Å²) in [5, 5.41) is 2.85. The fraction of sp³-hybridized carbons (Fsp3) is 0.500. The first-order chi connectivity index (χ1) is 11.0. The first-order valence-electron chi connectivity index (χ1n) is 7.79. The molecule has 0 saturated heterocycles. The van der Waals surface area contributed by atoms with E-state index in [1.807, 2.05) is 18.2 Å². The summed E-state index contributed by atoms with van der Waals surface area (Å²) in [5.41, 5.74) is 6.67. The Labute approximate surface area is 143 Å². The maximum Gasteiger partial charge on any atom is 0.265 e. The molecular weight excluding hydrogens is 362 g/mol. The summed E-state index contributed by atoms with van der Waals surface area (Å²) in [5.74, 6) is 0.984. The molecule has 3 N–H and O–H groups in total. The van der Waals surface area contributed by atoms with Gasteiger partial charge in [0.1, 0.15) is 5.75 Å². The van der Waals surface area contributed by atoms with Crippen LogP contribution in [0.5, 0.6) is 5.75 Å². The number of nitrogens with two attached hydrogens (primary N) is 1. The van der Waals surface area contributed by atoms with Gasteiger partial charge in [-0.15, -0.1) is 0 Å². The first kappa shape index (κ1) is 16.3. The molecule has 1 aliphatic heterocycles. The predicted molar refractivity (Wildman–Crippen MR) is 90.3 cm³/mol. The highest BCUT2D eigenvalue weighted by molar-refractivity contribution is 9.10. The number of halogens is 1. The number of hydrogen-bond donors (Lipinski definition) is 2. The van der Waals surface area contributed by atoms with Gasteiger partial charge in [-0.05, 0) is 37.0 Å². The Bertz CT molecular complexity index is 619. The van der Waals surface area contributed by atoms with Gasteiger partial charge >= 0.3 is 0 Å². The Balaban J connectivity index is 1.55. The van der Waals surface area contributed by atoms with Gasteiger partial charge in [-0.25, -0.2) is 0 Å². The lowest BCUT2D eigenvalue weighted by atomic mass is 10.2. The van der Waals surface area contributed by atoms with Crippen molar-refractivity contribution in [3.05, 3.63) is 22.7 Å². The molecule has 0 bridgehead atoms. The smallest absolute Gasteiger partial charge is 0.265 e. The van der Waals surface area contributed by atoms with E-state index in [-0.39, 0.29) is 30.9 Å². The van der Waals surface area contributed by atoms with E-state index in [1.54, 1.807) is 4.90 Å². The van der Waals surface area contributed by atoms with Crippen LogP contribution in [-0.2, 0) is 9.59 Å². The molecule has 1 aliphatic carbocycles. The molecule has 2 aliphatic rings. The van der Waals surface area contributed by atoms with E-state index in [9.17, 15) is 9.59 Å². The molecule has 1 fully saturated rings. The average Bonchev–Trinajstić information content (AvgIpc) is 3.36. The number of fused-ring (bicyclic) bond motifs is 1. The zero-order valence-corrected chi connectivity index (χ0v) is 14.3. The largest absolute Gasteiger partial charge is 0.482 e. The highest BCUT2D eigenvalue weighted by atomic mass is 79.9. The molecule has 1 heterocycles. The fourth-order valence-corrected chi connectivity index (χ4v) is 2.99. The van der Waals surface area contributed by atoms with E-state index in [4.69, 9.17) is 10.5 Å². The highest BCUT2D eigenvalue weighted by Gasteiger charge is 2.29. The van der Waals surface area contributed by atoms with Crippen LogP contribution in [0, 0.1) is 5.92 Å². The number of nitrogens with zero attached hydrogens (tertiary/aromatic N) is 1. The van der Waals surface area contributed by atoms with Crippen LogP contribution in [0.4, 0.5) is 5.69 Å². The maximum absolute atomic E-state index is 12.1. The summed E-state index contributed by atoms with van der Waals surface area (Å²) >= 11 is 3.38. The summed E-state index contributed by atoms with van der Waals surface area (Å²) in [4.78, 5) is 25.6. The van der Waals surface area contributed by atoms with Gasteiger partial charge in [0.05, 0.1) is 5.69 Å². The van der Waals surface area contributed by atoms with Gasteiger partial charge in [0.15, 0.2) is 6.61 Å². The number of carbonyl (C=O) groups is 2. The molecule has 1 aromatic carbocycles. The van der Waals surface area contributed by atoms with E-state index in [0.29, 0.717) is 30.4 Å².